The number of halogens is 1. The van der Waals surface area contributed by atoms with Gasteiger partial charge in [0, 0.05) is 24.2 Å². The van der Waals surface area contributed by atoms with Crippen LogP contribution in [0.15, 0.2) is 42.5 Å². The number of piperazine rings is 1. The van der Waals surface area contributed by atoms with Crippen molar-refractivity contribution in [3.05, 3.63) is 47.5 Å². The molecular weight excluding hydrogens is 550 g/mol. The number of hydrogen-bond acceptors (Lipinski definition) is 8. The molecule has 4 fully saturated rings. The molecule has 5 aliphatic rings. The fourth-order valence-electron chi connectivity index (χ4n) is 8.49. The topological polar surface area (TPSA) is 83.0 Å². The quantitative estimate of drug-likeness (QED) is 0.325. The Hall–Kier alpha value is -3.33. The van der Waals surface area contributed by atoms with Gasteiger partial charge in [-0.1, -0.05) is 35.9 Å². The second kappa shape index (κ2) is 9.33. The fraction of sp³-hybridized carbons (Fsp3) is 0.455. The molecule has 216 valence electrons. The highest BCUT2D eigenvalue weighted by atomic mass is 35.5. The number of phenolic OH excluding ortho intramolecular Hbond substituents is 1. The van der Waals surface area contributed by atoms with Crippen LogP contribution in [-0.4, -0.2) is 76.5 Å². The number of aromatic nitrogens is 2. The van der Waals surface area contributed by atoms with Crippen LogP contribution in [0.1, 0.15) is 38.5 Å². The van der Waals surface area contributed by atoms with Crippen molar-refractivity contribution in [1.82, 2.24) is 20.2 Å². The van der Waals surface area contributed by atoms with Crippen molar-refractivity contribution in [2.75, 3.05) is 37.7 Å². The molecule has 5 aliphatic heterocycles. The monoisotopic (exact) mass is 583 g/mol. The average molecular weight is 584 g/mol. The Morgan fingerprint density at radius 3 is 2.81 bits per heavy atom. The van der Waals surface area contributed by atoms with E-state index in [-0.39, 0.29) is 17.3 Å². The smallest absolute Gasteiger partial charge is 0.319 e. The number of rotatable bonds is 4. The molecule has 9 rings (SSSR count). The van der Waals surface area contributed by atoms with Gasteiger partial charge in [0.25, 0.3) is 0 Å². The molecule has 0 radical (unpaired) electrons. The van der Waals surface area contributed by atoms with Crippen molar-refractivity contribution in [1.29, 1.82) is 0 Å². The minimum Gasteiger partial charge on any atom is -0.508 e. The van der Waals surface area contributed by atoms with Crippen LogP contribution < -0.4 is 19.7 Å². The van der Waals surface area contributed by atoms with Gasteiger partial charge in [0.05, 0.1) is 27.5 Å². The zero-order valence-corrected chi connectivity index (χ0v) is 24.2. The second-order valence-electron chi connectivity index (χ2n) is 12.8. The van der Waals surface area contributed by atoms with E-state index >= 15 is 0 Å². The van der Waals surface area contributed by atoms with E-state index in [0.717, 1.165) is 71.1 Å². The molecule has 4 saturated heterocycles. The highest BCUT2D eigenvalue weighted by Gasteiger charge is 2.46. The third-order valence-corrected chi connectivity index (χ3v) is 10.9. The molecule has 0 amide bonds. The van der Waals surface area contributed by atoms with Gasteiger partial charge >= 0.3 is 6.01 Å². The largest absolute Gasteiger partial charge is 0.508 e. The van der Waals surface area contributed by atoms with Gasteiger partial charge in [-0.2, -0.15) is 9.97 Å². The number of phenols is 1. The zero-order valence-electron chi connectivity index (χ0n) is 23.5. The summed E-state index contributed by atoms with van der Waals surface area (Å²) in [6.07, 6.45) is 7.05. The molecule has 0 spiro atoms. The lowest BCUT2D eigenvalue weighted by Gasteiger charge is -2.40. The van der Waals surface area contributed by atoms with Crippen molar-refractivity contribution in [2.24, 2.45) is 0 Å². The molecular formula is C33H34ClN5O3. The Bertz CT molecular complexity index is 1740. The lowest BCUT2D eigenvalue weighted by atomic mass is 9.95. The van der Waals surface area contributed by atoms with E-state index in [1.165, 1.54) is 25.7 Å². The van der Waals surface area contributed by atoms with Crippen LogP contribution in [0, 0.1) is 0 Å². The number of fused-ring (bicyclic) bond motifs is 7. The van der Waals surface area contributed by atoms with Gasteiger partial charge < -0.3 is 24.8 Å². The van der Waals surface area contributed by atoms with E-state index in [1.54, 1.807) is 12.1 Å². The Morgan fingerprint density at radius 2 is 1.93 bits per heavy atom. The standard InChI is InChI=1S/C33H34ClN5O3/c34-29-24(23-14-21(40)13-19-5-1-2-6-22(19)23)15-26-28-30(29)41-17-27-25-8-7-20(35-25)16-39(27)31(28)37-32(36-26)42-18-33-9-3-11-38(33)12-4-10-33/h1-2,5-6,13-15,20,25,27,35,40H,3-4,7-12,16-18H2. The molecule has 3 aromatic carbocycles. The first-order valence-corrected chi connectivity index (χ1v) is 15.7. The van der Waals surface area contributed by atoms with Crippen molar-refractivity contribution in [3.63, 3.8) is 0 Å². The minimum atomic E-state index is 0.100. The number of hydrogen-bond donors (Lipinski definition) is 2. The summed E-state index contributed by atoms with van der Waals surface area (Å²) < 4.78 is 13.2. The van der Waals surface area contributed by atoms with Crippen molar-refractivity contribution < 1.29 is 14.6 Å². The Labute approximate surface area is 249 Å². The summed E-state index contributed by atoms with van der Waals surface area (Å²) >= 11 is 7.24. The maximum atomic E-state index is 10.7. The first-order chi connectivity index (χ1) is 20.6. The summed E-state index contributed by atoms with van der Waals surface area (Å²) in [6.45, 7) is 4.28. The van der Waals surface area contributed by atoms with Gasteiger partial charge in [-0.15, -0.1) is 0 Å². The normalized spacial score (nSPS) is 25.8. The zero-order chi connectivity index (χ0) is 28.0. The molecule has 42 heavy (non-hydrogen) atoms. The van der Waals surface area contributed by atoms with Crippen LogP contribution >= 0.6 is 11.6 Å². The highest BCUT2D eigenvalue weighted by molar-refractivity contribution is 6.37. The molecule has 0 aliphatic carbocycles. The van der Waals surface area contributed by atoms with E-state index in [2.05, 4.69) is 21.2 Å². The Morgan fingerprint density at radius 1 is 1.07 bits per heavy atom. The van der Waals surface area contributed by atoms with E-state index in [0.29, 0.717) is 42.1 Å². The predicted molar refractivity (Wildman–Crippen MR) is 164 cm³/mol. The SMILES string of the molecule is Oc1cc(-c2cc3nc(OCC45CCCN4CCC5)nc4c3c(c2Cl)OCC2C3CCC(CN42)N3)c2ccccc2c1. The highest BCUT2D eigenvalue weighted by Crippen LogP contribution is 2.49. The summed E-state index contributed by atoms with van der Waals surface area (Å²) in [7, 11) is 0. The number of nitrogens with one attached hydrogen (secondary N) is 1. The van der Waals surface area contributed by atoms with Crippen LogP contribution in [0.2, 0.25) is 5.02 Å². The number of nitrogens with zero attached hydrogens (tertiary/aromatic N) is 4. The van der Waals surface area contributed by atoms with Crippen molar-refractivity contribution in [3.8, 4) is 28.6 Å². The number of anilines is 1. The summed E-state index contributed by atoms with van der Waals surface area (Å²) in [5.41, 5.74) is 2.46. The van der Waals surface area contributed by atoms with Crippen LogP contribution in [0.25, 0.3) is 32.8 Å². The summed E-state index contributed by atoms with van der Waals surface area (Å²) in [6, 6.07) is 14.9. The molecule has 0 saturated carbocycles. The summed E-state index contributed by atoms with van der Waals surface area (Å²) in [5.74, 6) is 1.65. The van der Waals surface area contributed by atoms with Gasteiger partial charge in [0.1, 0.15) is 24.8 Å². The van der Waals surface area contributed by atoms with Crippen LogP contribution in [-0.2, 0) is 0 Å². The van der Waals surface area contributed by atoms with Crippen molar-refractivity contribution in [2.45, 2.75) is 62.2 Å². The minimum absolute atomic E-state index is 0.100. The maximum Gasteiger partial charge on any atom is 0.319 e. The molecule has 8 nitrogen and oxygen atoms in total. The molecule has 6 heterocycles. The van der Waals surface area contributed by atoms with Crippen molar-refractivity contribution >= 4 is 39.1 Å². The Kier molecular flexibility index (Phi) is 5.60. The van der Waals surface area contributed by atoms with E-state index < -0.39 is 0 Å². The number of benzene rings is 3. The van der Waals surface area contributed by atoms with Gasteiger partial charge in [-0.05, 0) is 86.1 Å². The molecule has 9 heteroatoms. The summed E-state index contributed by atoms with van der Waals surface area (Å²) in [4.78, 5) is 15.2. The fourth-order valence-corrected chi connectivity index (χ4v) is 8.79. The molecule has 2 bridgehead atoms. The molecule has 2 N–H and O–H groups in total. The van der Waals surface area contributed by atoms with Gasteiger partial charge in [-0.25, -0.2) is 0 Å². The van der Waals surface area contributed by atoms with Crippen LogP contribution in [0.3, 0.4) is 0 Å². The summed E-state index contributed by atoms with van der Waals surface area (Å²) in [5, 5.41) is 17.8. The predicted octanol–water partition coefficient (Wildman–Crippen LogP) is 5.52. The first-order valence-electron chi connectivity index (χ1n) is 15.4. The van der Waals surface area contributed by atoms with Gasteiger partial charge in [-0.3, -0.25) is 4.90 Å². The van der Waals surface area contributed by atoms with Crippen LogP contribution in [0.4, 0.5) is 5.82 Å². The Balaban J connectivity index is 1.23. The second-order valence-corrected chi connectivity index (χ2v) is 13.2. The first kappa shape index (κ1) is 25.2. The molecule has 4 aromatic rings. The van der Waals surface area contributed by atoms with Gasteiger partial charge in [0.2, 0.25) is 0 Å². The third kappa shape index (κ3) is 3.74. The lowest BCUT2D eigenvalue weighted by Crippen LogP contribution is -2.60. The lowest BCUT2D eigenvalue weighted by molar-refractivity contribution is 0.108. The number of ether oxygens (including phenoxy) is 2. The maximum absolute atomic E-state index is 10.7. The van der Waals surface area contributed by atoms with Gasteiger partial charge in [0.15, 0.2) is 5.75 Å². The van der Waals surface area contributed by atoms with E-state index in [1.807, 2.05) is 24.3 Å². The molecule has 1 aromatic heterocycles. The van der Waals surface area contributed by atoms with E-state index in [9.17, 15) is 5.11 Å². The third-order valence-electron chi connectivity index (χ3n) is 10.5. The average Bonchev–Trinajstić information content (AvgIpc) is 3.66. The number of aromatic hydroxyl groups is 1. The van der Waals surface area contributed by atoms with Crippen LogP contribution in [0.5, 0.6) is 17.5 Å². The molecule has 3 unspecified atom stereocenters. The molecule has 3 atom stereocenters. The van der Waals surface area contributed by atoms with E-state index in [4.69, 9.17) is 31.0 Å².